The molecule has 0 aromatic heterocycles. The van der Waals surface area contributed by atoms with Gasteiger partial charge in [0.15, 0.2) is 0 Å². The van der Waals surface area contributed by atoms with E-state index in [0.717, 1.165) is 23.1 Å². The number of carbonyl (C=O) groups excluding carboxylic acids is 1. The molecule has 0 amide bonds. The number of hydrogen-bond acceptors (Lipinski definition) is 3. The van der Waals surface area contributed by atoms with Gasteiger partial charge in [-0.2, -0.15) is 0 Å². The fourth-order valence-corrected chi connectivity index (χ4v) is 1.68. The number of nitrogens with zero attached hydrogens (tertiary/aromatic N) is 1. The second-order valence-electron chi connectivity index (χ2n) is 3.71. The molecule has 1 rings (SSSR count). The highest BCUT2D eigenvalue weighted by molar-refractivity contribution is 5.91. The number of allylic oxidation sites excluding steroid dienone is 1. The van der Waals surface area contributed by atoms with Crippen molar-refractivity contribution in [2.45, 2.75) is 20.3 Å². The highest BCUT2D eigenvalue weighted by atomic mass is 16.5. The zero-order chi connectivity index (χ0) is 12.8. The summed E-state index contributed by atoms with van der Waals surface area (Å²) in [6.45, 7) is 7.40. The third kappa shape index (κ3) is 3.03. The first-order valence-electron chi connectivity index (χ1n) is 5.48. The molecule has 1 aromatic carbocycles. The van der Waals surface area contributed by atoms with Gasteiger partial charge in [-0.05, 0) is 42.8 Å². The molecule has 0 saturated carbocycles. The Hall–Kier alpha value is -1.90. The van der Waals surface area contributed by atoms with Crippen LogP contribution in [0, 0.1) is 6.92 Å². The van der Waals surface area contributed by atoms with Crippen LogP contribution in [0.2, 0.25) is 0 Å². The molecule has 17 heavy (non-hydrogen) atoms. The molecule has 0 heterocycles. The van der Waals surface area contributed by atoms with Crippen LogP contribution in [0.25, 0.3) is 5.57 Å². The van der Waals surface area contributed by atoms with Crippen LogP contribution in [-0.2, 0) is 4.74 Å². The Morgan fingerprint density at radius 3 is 2.71 bits per heavy atom. The normalized spacial score (nSPS) is 11.1. The van der Waals surface area contributed by atoms with Crippen molar-refractivity contribution in [3.05, 3.63) is 41.1 Å². The number of benzene rings is 1. The maximum atomic E-state index is 11.4. The molecular weight excluding hydrogens is 214 g/mol. The van der Waals surface area contributed by atoms with Crippen LogP contribution in [0.1, 0.15) is 34.8 Å². The van der Waals surface area contributed by atoms with E-state index in [1.54, 1.807) is 12.3 Å². The first-order valence-corrected chi connectivity index (χ1v) is 5.48. The van der Waals surface area contributed by atoms with E-state index >= 15 is 0 Å². The summed E-state index contributed by atoms with van der Waals surface area (Å²) in [6, 6.07) is 5.65. The molecule has 90 valence electrons. The molecule has 0 unspecified atom stereocenters. The lowest BCUT2D eigenvalue weighted by molar-refractivity contribution is 0.0600. The van der Waals surface area contributed by atoms with Crippen LogP contribution in [0.15, 0.2) is 29.4 Å². The van der Waals surface area contributed by atoms with Gasteiger partial charge in [-0.25, -0.2) is 4.79 Å². The lowest BCUT2D eigenvalue weighted by Crippen LogP contribution is -2.04. The first-order chi connectivity index (χ1) is 8.13. The minimum absolute atomic E-state index is 0.307. The van der Waals surface area contributed by atoms with E-state index in [9.17, 15) is 4.79 Å². The Labute approximate surface area is 102 Å². The monoisotopic (exact) mass is 231 g/mol. The van der Waals surface area contributed by atoms with Gasteiger partial charge in [-0.15, -0.1) is 0 Å². The number of hydrogen-bond donors (Lipinski definition) is 0. The van der Waals surface area contributed by atoms with E-state index < -0.39 is 0 Å². The number of rotatable bonds is 4. The van der Waals surface area contributed by atoms with Gasteiger partial charge < -0.3 is 4.74 Å². The fourth-order valence-electron chi connectivity index (χ4n) is 1.68. The van der Waals surface area contributed by atoms with Crippen LogP contribution < -0.4 is 0 Å². The van der Waals surface area contributed by atoms with Crippen molar-refractivity contribution < 1.29 is 9.53 Å². The Bertz CT molecular complexity index is 461. The van der Waals surface area contributed by atoms with E-state index in [2.05, 4.69) is 18.6 Å². The summed E-state index contributed by atoms with van der Waals surface area (Å²) in [5.74, 6) is -0.307. The van der Waals surface area contributed by atoms with Gasteiger partial charge in [-0.1, -0.05) is 19.1 Å². The molecule has 0 saturated heterocycles. The van der Waals surface area contributed by atoms with Crippen LogP contribution in [0.5, 0.6) is 0 Å². The van der Waals surface area contributed by atoms with Crippen molar-refractivity contribution in [1.29, 1.82) is 0 Å². The Balaban J connectivity index is 3.16. The van der Waals surface area contributed by atoms with Gasteiger partial charge in [0.25, 0.3) is 0 Å². The molecule has 3 nitrogen and oxygen atoms in total. The van der Waals surface area contributed by atoms with E-state index in [4.69, 9.17) is 4.74 Å². The SMILES string of the molecule is C=NC=C(CC)c1ccc(C(=O)OC)c(C)c1. The van der Waals surface area contributed by atoms with Gasteiger partial charge in [0.1, 0.15) is 0 Å². The second kappa shape index (κ2) is 5.99. The maximum absolute atomic E-state index is 11.4. The summed E-state index contributed by atoms with van der Waals surface area (Å²) in [6.07, 6.45) is 2.61. The number of aryl methyl sites for hydroxylation is 1. The highest BCUT2D eigenvalue weighted by Gasteiger charge is 2.10. The number of esters is 1. The van der Waals surface area contributed by atoms with Crippen LogP contribution in [-0.4, -0.2) is 19.8 Å². The molecular formula is C14H17NO2. The van der Waals surface area contributed by atoms with Gasteiger partial charge in [-0.3, -0.25) is 4.99 Å². The third-order valence-corrected chi connectivity index (χ3v) is 2.63. The zero-order valence-electron chi connectivity index (χ0n) is 10.5. The van der Waals surface area contributed by atoms with E-state index in [1.807, 2.05) is 19.1 Å². The molecule has 0 spiro atoms. The molecule has 0 aliphatic heterocycles. The van der Waals surface area contributed by atoms with Crippen molar-refractivity contribution in [3.8, 4) is 0 Å². The first kappa shape index (κ1) is 13.2. The van der Waals surface area contributed by atoms with Crippen molar-refractivity contribution in [2.75, 3.05) is 7.11 Å². The van der Waals surface area contributed by atoms with E-state index in [1.165, 1.54) is 7.11 Å². The summed E-state index contributed by atoms with van der Waals surface area (Å²) in [7, 11) is 1.38. The molecule has 0 atom stereocenters. The molecule has 0 aliphatic rings. The van der Waals surface area contributed by atoms with Crippen LogP contribution in [0.3, 0.4) is 0 Å². The topological polar surface area (TPSA) is 38.7 Å². The quantitative estimate of drug-likeness (QED) is 0.589. The predicted octanol–water partition coefficient (Wildman–Crippen LogP) is 3.23. The van der Waals surface area contributed by atoms with Crippen molar-refractivity contribution in [3.63, 3.8) is 0 Å². The summed E-state index contributed by atoms with van der Waals surface area (Å²) < 4.78 is 4.71. The Kier molecular flexibility index (Phi) is 4.64. The number of methoxy groups -OCH3 is 1. The predicted molar refractivity (Wildman–Crippen MR) is 70.3 cm³/mol. The third-order valence-electron chi connectivity index (χ3n) is 2.63. The second-order valence-corrected chi connectivity index (χ2v) is 3.71. The largest absolute Gasteiger partial charge is 0.465 e. The molecule has 0 radical (unpaired) electrons. The minimum Gasteiger partial charge on any atom is -0.465 e. The van der Waals surface area contributed by atoms with Crippen molar-refractivity contribution >= 4 is 18.3 Å². The average molecular weight is 231 g/mol. The molecule has 0 aliphatic carbocycles. The zero-order valence-corrected chi connectivity index (χ0v) is 10.5. The lowest BCUT2D eigenvalue weighted by atomic mass is 9.99. The van der Waals surface area contributed by atoms with Crippen molar-refractivity contribution in [2.24, 2.45) is 4.99 Å². The van der Waals surface area contributed by atoms with E-state index in [0.29, 0.717) is 5.56 Å². The van der Waals surface area contributed by atoms with Gasteiger partial charge in [0.05, 0.1) is 12.7 Å². The lowest BCUT2D eigenvalue weighted by Gasteiger charge is -2.08. The number of ether oxygens (including phenoxy) is 1. The molecule has 3 heteroatoms. The fraction of sp³-hybridized carbons (Fsp3) is 0.286. The number of aliphatic imine (C=N–C) groups is 1. The molecule has 0 bridgehead atoms. The van der Waals surface area contributed by atoms with Crippen LogP contribution >= 0.6 is 0 Å². The Morgan fingerprint density at radius 2 is 2.24 bits per heavy atom. The van der Waals surface area contributed by atoms with Gasteiger partial charge >= 0.3 is 5.97 Å². The summed E-state index contributed by atoms with van der Waals surface area (Å²) in [4.78, 5) is 15.2. The molecule has 0 N–H and O–H groups in total. The maximum Gasteiger partial charge on any atom is 0.338 e. The van der Waals surface area contributed by atoms with E-state index in [-0.39, 0.29) is 5.97 Å². The molecule has 1 aromatic rings. The standard InChI is InChI=1S/C14H17NO2/c1-5-11(9-15-3)12-6-7-13(10(2)8-12)14(16)17-4/h6-9H,3,5H2,1-2,4H3. The highest BCUT2D eigenvalue weighted by Crippen LogP contribution is 2.21. The molecule has 0 fully saturated rings. The minimum atomic E-state index is -0.307. The van der Waals surface area contributed by atoms with Crippen LogP contribution in [0.4, 0.5) is 0 Å². The van der Waals surface area contributed by atoms with Gasteiger partial charge in [0.2, 0.25) is 0 Å². The summed E-state index contributed by atoms with van der Waals surface area (Å²) in [5, 5.41) is 0. The average Bonchev–Trinajstić information content (AvgIpc) is 2.35. The van der Waals surface area contributed by atoms with Gasteiger partial charge in [0, 0.05) is 6.20 Å². The van der Waals surface area contributed by atoms with Crippen molar-refractivity contribution in [1.82, 2.24) is 0 Å². The number of carbonyl (C=O) groups is 1. The summed E-state index contributed by atoms with van der Waals surface area (Å²) >= 11 is 0. The smallest absolute Gasteiger partial charge is 0.338 e. The summed E-state index contributed by atoms with van der Waals surface area (Å²) in [5.41, 5.74) is 3.65. The Morgan fingerprint density at radius 1 is 1.53 bits per heavy atom.